The van der Waals surface area contributed by atoms with Gasteiger partial charge in [0, 0.05) is 6.07 Å². The topological polar surface area (TPSA) is 71.3 Å². The van der Waals surface area contributed by atoms with Crippen LogP contribution in [0.25, 0.3) is 0 Å². The van der Waals surface area contributed by atoms with Crippen LogP contribution in [0.5, 0.6) is 11.5 Å². The molecule has 0 radical (unpaired) electrons. The fourth-order valence-electron chi connectivity index (χ4n) is 3.27. The van der Waals surface area contributed by atoms with Gasteiger partial charge in [-0.15, -0.1) is 0 Å². The van der Waals surface area contributed by atoms with Crippen LogP contribution in [0.3, 0.4) is 0 Å². The predicted octanol–water partition coefficient (Wildman–Crippen LogP) is 3.53. The van der Waals surface area contributed by atoms with Gasteiger partial charge in [-0.25, -0.2) is 0 Å². The van der Waals surface area contributed by atoms with Crippen LogP contribution in [-0.2, 0) is 11.2 Å². The van der Waals surface area contributed by atoms with Gasteiger partial charge in [0.2, 0.25) is 0 Å². The third-order valence-electron chi connectivity index (χ3n) is 4.65. The first kappa shape index (κ1) is 17.8. The van der Waals surface area contributed by atoms with Crippen molar-refractivity contribution in [1.82, 2.24) is 5.32 Å². The summed E-state index contributed by atoms with van der Waals surface area (Å²) in [5.41, 5.74) is 2.96. The van der Waals surface area contributed by atoms with Crippen molar-refractivity contribution in [3.05, 3.63) is 59.2 Å². The number of rotatable bonds is 5. The number of nitriles is 1. The van der Waals surface area contributed by atoms with Crippen molar-refractivity contribution in [3.8, 4) is 17.6 Å². The van der Waals surface area contributed by atoms with E-state index in [4.69, 9.17) is 14.7 Å². The van der Waals surface area contributed by atoms with Crippen molar-refractivity contribution in [2.24, 2.45) is 0 Å². The van der Waals surface area contributed by atoms with Gasteiger partial charge in [-0.1, -0.05) is 24.3 Å². The molecule has 2 atom stereocenters. The zero-order valence-electron chi connectivity index (χ0n) is 15.0. The van der Waals surface area contributed by atoms with E-state index in [-0.39, 0.29) is 11.9 Å². The van der Waals surface area contributed by atoms with Crippen molar-refractivity contribution < 1.29 is 14.3 Å². The lowest BCUT2D eigenvalue weighted by molar-refractivity contribution is -0.128. The van der Waals surface area contributed by atoms with E-state index < -0.39 is 6.10 Å². The number of hydrogen-bond acceptors (Lipinski definition) is 4. The standard InChI is InChI=1S/C21H22N2O3/c1-14(26-19-11-10-15(13-22)12-20(19)25-2)21(24)23-18-9-5-7-16-6-3-4-8-17(16)18/h3-4,6,8,10-12,14,18H,5,7,9H2,1-2H3,(H,23,24). The molecule has 0 spiro atoms. The molecular weight excluding hydrogens is 328 g/mol. The summed E-state index contributed by atoms with van der Waals surface area (Å²) in [6, 6.07) is 15.2. The highest BCUT2D eigenvalue weighted by molar-refractivity contribution is 5.81. The summed E-state index contributed by atoms with van der Waals surface area (Å²) in [7, 11) is 1.51. The largest absolute Gasteiger partial charge is 0.493 e. The third-order valence-corrected chi connectivity index (χ3v) is 4.65. The van der Waals surface area contributed by atoms with Crippen molar-refractivity contribution in [3.63, 3.8) is 0 Å². The molecule has 0 saturated carbocycles. The van der Waals surface area contributed by atoms with Crippen molar-refractivity contribution >= 4 is 5.91 Å². The quantitative estimate of drug-likeness (QED) is 0.895. The van der Waals surface area contributed by atoms with E-state index in [1.165, 1.54) is 18.2 Å². The van der Waals surface area contributed by atoms with E-state index in [9.17, 15) is 4.79 Å². The normalized spacial score (nSPS) is 16.7. The van der Waals surface area contributed by atoms with Crippen molar-refractivity contribution in [2.75, 3.05) is 7.11 Å². The van der Waals surface area contributed by atoms with Crippen LogP contribution < -0.4 is 14.8 Å². The lowest BCUT2D eigenvalue weighted by Crippen LogP contribution is -2.39. The number of fused-ring (bicyclic) bond motifs is 1. The van der Waals surface area contributed by atoms with E-state index in [2.05, 4.69) is 23.5 Å². The van der Waals surface area contributed by atoms with E-state index in [0.29, 0.717) is 17.1 Å². The van der Waals surface area contributed by atoms with Crippen molar-refractivity contribution in [1.29, 1.82) is 5.26 Å². The number of nitrogens with zero attached hydrogens (tertiary/aromatic N) is 1. The molecule has 0 saturated heterocycles. The Morgan fingerprint density at radius 1 is 1.27 bits per heavy atom. The minimum Gasteiger partial charge on any atom is -0.493 e. The highest BCUT2D eigenvalue weighted by atomic mass is 16.5. The van der Waals surface area contributed by atoms with Gasteiger partial charge >= 0.3 is 0 Å². The van der Waals surface area contributed by atoms with Gasteiger partial charge in [-0.05, 0) is 49.4 Å². The van der Waals surface area contributed by atoms with Crippen LogP contribution in [-0.4, -0.2) is 19.1 Å². The van der Waals surface area contributed by atoms with Crippen LogP contribution in [0.1, 0.15) is 42.5 Å². The summed E-state index contributed by atoms with van der Waals surface area (Å²) >= 11 is 0. The molecule has 5 heteroatoms. The first-order valence-electron chi connectivity index (χ1n) is 8.75. The molecule has 3 rings (SSSR count). The minimum absolute atomic E-state index is 0.0151. The van der Waals surface area contributed by atoms with Crippen LogP contribution >= 0.6 is 0 Å². The van der Waals surface area contributed by atoms with E-state index >= 15 is 0 Å². The van der Waals surface area contributed by atoms with Gasteiger partial charge in [0.05, 0.1) is 24.8 Å². The fraction of sp³-hybridized carbons (Fsp3) is 0.333. The van der Waals surface area contributed by atoms with Crippen LogP contribution in [0.15, 0.2) is 42.5 Å². The minimum atomic E-state index is -0.675. The van der Waals surface area contributed by atoms with Gasteiger partial charge in [0.25, 0.3) is 5.91 Å². The Bertz CT molecular complexity index is 841. The molecule has 2 aromatic carbocycles. The molecule has 2 aromatic rings. The lowest BCUT2D eigenvalue weighted by Gasteiger charge is -2.27. The van der Waals surface area contributed by atoms with E-state index in [1.54, 1.807) is 25.1 Å². The monoisotopic (exact) mass is 350 g/mol. The van der Waals surface area contributed by atoms with Crippen LogP contribution in [0.2, 0.25) is 0 Å². The zero-order valence-corrected chi connectivity index (χ0v) is 15.0. The molecule has 0 bridgehead atoms. The van der Waals surface area contributed by atoms with Crippen molar-refractivity contribution in [2.45, 2.75) is 38.3 Å². The Morgan fingerprint density at radius 3 is 2.85 bits per heavy atom. The maximum atomic E-state index is 12.6. The second-order valence-corrected chi connectivity index (χ2v) is 6.39. The fourth-order valence-corrected chi connectivity index (χ4v) is 3.27. The average molecular weight is 350 g/mol. The van der Waals surface area contributed by atoms with Gasteiger partial charge in [-0.2, -0.15) is 5.26 Å². The third kappa shape index (κ3) is 3.80. The van der Waals surface area contributed by atoms with Crippen LogP contribution in [0, 0.1) is 11.3 Å². The number of ether oxygens (including phenoxy) is 2. The molecule has 26 heavy (non-hydrogen) atoms. The molecule has 0 aromatic heterocycles. The number of benzene rings is 2. The molecular formula is C21H22N2O3. The Hall–Kier alpha value is -3.00. The summed E-state index contributed by atoms with van der Waals surface area (Å²) < 4.78 is 11.0. The van der Waals surface area contributed by atoms with E-state index in [0.717, 1.165) is 19.3 Å². The van der Waals surface area contributed by atoms with Gasteiger partial charge in [0.1, 0.15) is 0 Å². The molecule has 1 aliphatic carbocycles. The molecule has 0 heterocycles. The number of methoxy groups -OCH3 is 1. The first-order chi connectivity index (χ1) is 12.6. The Balaban J connectivity index is 1.69. The molecule has 0 fully saturated rings. The first-order valence-corrected chi connectivity index (χ1v) is 8.75. The summed E-state index contributed by atoms with van der Waals surface area (Å²) in [5, 5.41) is 12.1. The Labute approximate surface area is 153 Å². The number of hydrogen-bond donors (Lipinski definition) is 1. The molecule has 134 valence electrons. The molecule has 1 amide bonds. The number of amides is 1. The summed E-state index contributed by atoms with van der Waals surface area (Å²) in [5.74, 6) is 0.711. The molecule has 5 nitrogen and oxygen atoms in total. The maximum Gasteiger partial charge on any atom is 0.261 e. The van der Waals surface area contributed by atoms with Gasteiger partial charge < -0.3 is 14.8 Å². The summed E-state index contributed by atoms with van der Waals surface area (Å²) in [6.45, 7) is 1.71. The Morgan fingerprint density at radius 2 is 2.08 bits per heavy atom. The molecule has 0 aliphatic heterocycles. The molecule has 2 unspecified atom stereocenters. The second kappa shape index (κ2) is 7.92. The SMILES string of the molecule is COc1cc(C#N)ccc1OC(C)C(=O)NC1CCCc2ccccc21. The number of carbonyl (C=O) groups excluding carboxylic acids is 1. The second-order valence-electron chi connectivity index (χ2n) is 6.39. The molecule has 1 N–H and O–H groups in total. The van der Waals surface area contributed by atoms with Gasteiger partial charge in [0.15, 0.2) is 17.6 Å². The predicted molar refractivity (Wildman–Crippen MR) is 98.1 cm³/mol. The molecule has 1 aliphatic rings. The van der Waals surface area contributed by atoms with Crippen LogP contribution in [0.4, 0.5) is 0 Å². The zero-order chi connectivity index (χ0) is 18.5. The maximum absolute atomic E-state index is 12.6. The average Bonchev–Trinajstić information content (AvgIpc) is 2.68. The summed E-state index contributed by atoms with van der Waals surface area (Å²) in [4.78, 5) is 12.6. The number of carbonyl (C=O) groups is 1. The lowest BCUT2D eigenvalue weighted by atomic mass is 9.87. The highest BCUT2D eigenvalue weighted by Crippen LogP contribution is 2.31. The number of aryl methyl sites for hydroxylation is 1. The highest BCUT2D eigenvalue weighted by Gasteiger charge is 2.25. The summed E-state index contributed by atoms with van der Waals surface area (Å²) in [6.07, 6.45) is 2.36. The Kier molecular flexibility index (Phi) is 5.43. The number of nitrogens with one attached hydrogen (secondary N) is 1. The van der Waals surface area contributed by atoms with E-state index in [1.807, 2.05) is 12.1 Å². The smallest absolute Gasteiger partial charge is 0.261 e. The van der Waals surface area contributed by atoms with Gasteiger partial charge in [-0.3, -0.25) is 4.79 Å².